The van der Waals surface area contributed by atoms with Gasteiger partial charge in [-0.05, 0) is 53.6 Å². The molecule has 1 heterocycles. The van der Waals surface area contributed by atoms with Crippen molar-refractivity contribution in [3.63, 3.8) is 0 Å². The fraction of sp³-hybridized carbons (Fsp3) is 0.222. The highest BCUT2D eigenvalue weighted by molar-refractivity contribution is 6.30. The van der Waals surface area contributed by atoms with E-state index >= 15 is 0 Å². The largest absolute Gasteiger partial charge is 0.493 e. The van der Waals surface area contributed by atoms with Crippen molar-refractivity contribution >= 4 is 17.5 Å². The van der Waals surface area contributed by atoms with Gasteiger partial charge in [-0.3, -0.25) is 4.79 Å². The zero-order valence-corrected chi connectivity index (χ0v) is 15.6. The van der Waals surface area contributed by atoms with E-state index in [2.05, 4.69) is 20.7 Å². The van der Waals surface area contributed by atoms with Crippen LogP contribution in [0.1, 0.15) is 16.2 Å². The van der Waals surface area contributed by atoms with Gasteiger partial charge in [0, 0.05) is 11.6 Å². The standard InChI is InChI=1S/C18H18ClN5O3/c1-26-15-8-3-12(11-16(15)27-2)9-10-20-18(25)17-21-23-24(22-17)14-6-4-13(19)5-7-14/h3-8,11H,9-10H2,1-2H3,(H,20,25). The molecule has 0 saturated heterocycles. The quantitative estimate of drug-likeness (QED) is 0.669. The van der Waals surface area contributed by atoms with Gasteiger partial charge in [0.25, 0.3) is 11.7 Å². The summed E-state index contributed by atoms with van der Waals surface area (Å²) in [6, 6.07) is 12.5. The number of halogens is 1. The second-order valence-corrected chi connectivity index (χ2v) is 6.01. The van der Waals surface area contributed by atoms with E-state index in [4.69, 9.17) is 21.1 Å². The second kappa shape index (κ2) is 8.50. The number of methoxy groups -OCH3 is 2. The Morgan fingerprint density at radius 1 is 1.11 bits per heavy atom. The first-order valence-corrected chi connectivity index (χ1v) is 8.53. The van der Waals surface area contributed by atoms with Gasteiger partial charge < -0.3 is 14.8 Å². The molecule has 0 fully saturated rings. The molecule has 0 bridgehead atoms. The maximum Gasteiger partial charge on any atom is 0.292 e. The molecule has 0 aliphatic carbocycles. The third-order valence-corrected chi connectivity index (χ3v) is 4.07. The van der Waals surface area contributed by atoms with Gasteiger partial charge in [0.2, 0.25) is 0 Å². The molecule has 3 aromatic rings. The number of hydrogen-bond donors (Lipinski definition) is 1. The number of carbonyl (C=O) groups is 1. The van der Waals surface area contributed by atoms with Gasteiger partial charge >= 0.3 is 0 Å². The molecule has 0 aliphatic heterocycles. The van der Waals surface area contributed by atoms with Crippen LogP contribution in [0, 0.1) is 0 Å². The highest BCUT2D eigenvalue weighted by Crippen LogP contribution is 2.27. The molecule has 1 N–H and O–H groups in total. The molecule has 2 aromatic carbocycles. The molecule has 3 rings (SSSR count). The minimum absolute atomic E-state index is 0.00254. The van der Waals surface area contributed by atoms with Gasteiger partial charge in [0.1, 0.15) is 0 Å². The summed E-state index contributed by atoms with van der Waals surface area (Å²) in [5, 5.41) is 15.1. The number of hydrogen-bond acceptors (Lipinski definition) is 6. The van der Waals surface area contributed by atoms with Crippen LogP contribution in [0.3, 0.4) is 0 Å². The zero-order chi connectivity index (χ0) is 19.2. The van der Waals surface area contributed by atoms with Crippen molar-refractivity contribution in [3.05, 3.63) is 58.9 Å². The average molecular weight is 388 g/mol. The molecule has 0 aliphatic rings. The smallest absolute Gasteiger partial charge is 0.292 e. The summed E-state index contributed by atoms with van der Waals surface area (Å²) in [6.07, 6.45) is 0.622. The van der Waals surface area contributed by atoms with E-state index in [-0.39, 0.29) is 5.82 Å². The Balaban J connectivity index is 1.58. The van der Waals surface area contributed by atoms with Crippen molar-refractivity contribution in [2.45, 2.75) is 6.42 Å². The van der Waals surface area contributed by atoms with Crippen molar-refractivity contribution < 1.29 is 14.3 Å². The Kier molecular flexibility index (Phi) is 5.87. The molecule has 0 radical (unpaired) electrons. The molecular formula is C18H18ClN5O3. The Labute approximate surface area is 161 Å². The minimum atomic E-state index is -0.393. The van der Waals surface area contributed by atoms with Gasteiger partial charge in [0.15, 0.2) is 11.5 Å². The first-order valence-electron chi connectivity index (χ1n) is 8.16. The lowest BCUT2D eigenvalue weighted by atomic mass is 10.1. The summed E-state index contributed by atoms with van der Waals surface area (Å²) in [7, 11) is 3.17. The Morgan fingerprint density at radius 3 is 2.56 bits per heavy atom. The first kappa shape index (κ1) is 18.7. The topological polar surface area (TPSA) is 91.2 Å². The van der Waals surface area contributed by atoms with Crippen molar-refractivity contribution in [1.29, 1.82) is 0 Å². The predicted octanol–water partition coefficient (Wildman–Crippen LogP) is 2.31. The zero-order valence-electron chi connectivity index (χ0n) is 14.8. The highest BCUT2D eigenvalue weighted by Gasteiger charge is 2.13. The molecule has 1 aromatic heterocycles. The van der Waals surface area contributed by atoms with E-state index in [1.807, 2.05) is 18.2 Å². The van der Waals surface area contributed by atoms with Gasteiger partial charge in [-0.15, -0.1) is 15.0 Å². The van der Waals surface area contributed by atoms with Crippen LogP contribution in [0.15, 0.2) is 42.5 Å². The van der Waals surface area contributed by atoms with E-state index in [9.17, 15) is 4.79 Å². The Hall–Kier alpha value is -3.13. The van der Waals surface area contributed by atoms with Crippen molar-refractivity contribution in [1.82, 2.24) is 25.5 Å². The number of ether oxygens (including phenoxy) is 2. The van der Waals surface area contributed by atoms with E-state index in [1.165, 1.54) is 4.80 Å². The van der Waals surface area contributed by atoms with E-state index < -0.39 is 5.91 Å². The van der Waals surface area contributed by atoms with Gasteiger partial charge in [-0.2, -0.15) is 0 Å². The van der Waals surface area contributed by atoms with Crippen LogP contribution in [-0.4, -0.2) is 46.9 Å². The molecule has 1 amide bonds. The summed E-state index contributed by atoms with van der Waals surface area (Å²) >= 11 is 5.85. The van der Waals surface area contributed by atoms with Crippen LogP contribution in [0.2, 0.25) is 5.02 Å². The van der Waals surface area contributed by atoms with Gasteiger partial charge in [0.05, 0.1) is 19.9 Å². The van der Waals surface area contributed by atoms with Crippen LogP contribution in [0.25, 0.3) is 5.69 Å². The summed E-state index contributed by atoms with van der Waals surface area (Å²) < 4.78 is 10.5. The molecule has 0 saturated carbocycles. The first-order chi connectivity index (χ1) is 13.1. The van der Waals surface area contributed by atoms with Crippen LogP contribution in [-0.2, 0) is 6.42 Å². The number of rotatable bonds is 7. The van der Waals surface area contributed by atoms with Crippen LogP contribution >= 0.6 is 11.6 Å². The second-order valence-electron chi connectivity index (χ2n) is 5.57. The SMILES string of the molecule is COc1ccc(CCNC(=O)c2nnn(-c3ccc(Cl)cc3)n2)cc1OC. The van der Waals surface area contributed by atoms with Crippen molar-refractivity contribution in [2.24, 2.45) is 0 Å². The van der Waals surface area contributed by atoms with Gasteiger partial charge in [-0.1, -0.05) is 17.7 Å². The number of amides is 1. The summed E-state index contributed by atoms with van der Waals surface area (Å²) in [5.74, 6) is 0.912. The maximum absolute atomic E-state index is 12.2. The number of nitrogens with one attached hydrogen (secondary N) is 1. The fourth-order valence-corrected chi connectivity index (χ4v) is 2.55. The van der Waals surface area contributed by atoms with Gasteiger partial charge in [-0.25, -0.2) is 0 Å². The Bertz CT molecular complexity index is 927. The van der Waals surface area contributed by atoms with E-state index in [1.54, 1.807) is 38.5 Å². The summed E-state index contributed by atoms with van der Waals surface area (Å²) in [6.45, 7) is 0.420. The third-order valence-electron chi connectivity index (χ3n) is 3.82. The number of tetrazole rings is 1. The molecular weight excluding hydrogens is 370 g/mol. The number of carbonyl (C=O) groups excluding carboxylic acids is 1. The molecule has 0 spiro atoms. The monoisotopic (exact) mass is 387 g/mol. The van der Waals surface area contributed by atoms with E-state index in [0.29, 0.717) is 35.2 Å². The average Bonchev–Trinajstić information content (AvgIpc) is 3.18. The molecule has 0 unspecified atom stereocenters. The normalized spacial score (nSPS) is 10.5. The van der Waals surface area contributed by atoms with Crippen molar-refractivity contribution in [2.75, 3.05) is 20.8 Å². The molecule has 140 valence electrons. The third kappa shape index (κ3) is 4.53. The number of nitrogens with zero attached hydrogens (tertiary/aromatic N) is 4. The lowest BCUT2D eigenvalue weighted by molar-refractivity contribution is 0.0943. The number of aromatic nitrogens is 4. The highest BCUT2D eigenvalue weighted by atomic mass is 35.5. The molecule has 9 heteroatoms. The minimum Gasteiger partial charge on any atom is -0.493 e. The molecule has 0 atom stereocenters. The van der Waals surface area contributed by atoms with Crippen LogP contribution < -0.4 is 14.8 Å². The van der Waals surface area contributed by atoms with Crippen LogP contribution in [0.4, 0.5) is 0 Å². The fourth-order valence-electron chi connectivity index (χ4n) is 2.42. The number of benzene rings is 2. The van der Waals surface area contributed by atoms with Crippen molar-refractivity contribution in [3.8, 4) is 17.2 Å². The molecule has 27 heavy (non-hydrogen) atoms. The van der Waals surface area contributed by atoms with Crippen LogP contribution in [0.5, 0.6) is 11.5 Å². The van der Waals surface area contributed by atoms with E-state index in [0.717, 1.165) is 5.56 Å². The maximum atomic E-state index is 12.2. The lowest BCUT2D eigenvalue weighted by Crippen LogP contribution is -2.27. The molecule has 8 nitrogen and oxygen atoms in total. The summed E-state index contributed by atoms with van der Waals surface area (Å²) in [5.41, 5.74) is 1.67. The predicted molar refractivity (Wildman–Crippen MR) is 99.7 cm³/mol. The lowest BCUT2D eigenvalue weighted by Gasteiger charge is -2.09. The summed E-state index contributed by atoms with van der Waals surface area (Å²) in [4.78, 5) is 13.5. The Morgan fingerprint density at radius 2 is 1.85 bits per heavy atom.